The first-order valence-electron chi connectivity index (χ1n) is 8.86. The van der Waals surface area contributed by atoms with Crippen LogP contribution >= 0.6 is 11.3 Å². The van der Waals surface area contributed by atoms with E-state index in [1.807, 2.05) is 11.0 Å². The van der Waals surface area contributed by atoms with Gasteiger partial charge in [-0.1, -0.05) is 13.3 Å². The Labute approximate surface area is 156 Å². The highest BCUT2D eigenvalue weighted by Crippen LogP contribution is 2.24. The number of nitrogens with zero attached hydrogens (tertiary/aromatic N) is 2. The van der Waals surface area contributed by atoms with Gasteiger partial charge in [-0.25, -0.2) is 0 Å². The van der Waals surface area contributed by atoms with E-state index in [1.165, 1.54) is 28.8 Å². The maximum absolute atomic E-state index is 12.7. The zero-order valence-corrected chi connectivity index (χ0v) is 15.9. The van der Waals surface area contributed by atoms with E-state index in [-0.39, 0.29) is 17.4 Å². The van der Waals surface area contributed by atoms with Crippen LogP contribution in [0.15, 0.2) is 29.2 Å². The van der Waals surface area contributed by atoms with Gasteiger partial charge in [-0.2, -0.15) is 0 Å². The quantitative estimate of drug-likeness (QED) is 0.894. The summed E-state index contributed by atoms with van der Waals surface area (Å²) in [7, 11) is 0. The predicted molar refractivity (Wildman–Crippen MR) is 102 cm³/mol. The molecule has 0 radical (unpaired) electrons. The number of piperazine rings is 1. The first-order valence-corrected chi connectivity index (χ1v) is 9.68. The zero-order valence-electron chi connectivity index (χ0n) is 15.1. The summed E-state index contributed by atoms with van der Waals surface area (Å²) >= 11 is 1.56. The third kappa shape index (κ3) is 3.88. The van der Waals surface area contributed by atoms with Crippen LogP contribution in [0.4, 0.5) is 0 Å². The van der Waals surface area contributed by atoms with Crippen molar-refractivity contribution < 1.29 is 9.59 Å². The summed E-state index contributed by atoms with van der Waals surface area (Å²) in [4.78, 5) is 44.4. The van der Waals surface area contributed by atoms with Crippen molar-refractivity contribution in [2.75, 3.05) is 26.2 Å². The van der Waals surface area contributed by atoms with Crippen molar-refractivity contribution in [3.05, 3.63) is 55.6 Å². The number of H-pyrrole nitrogens is 1. The Morgan fingerprint density at radius 2 is 1.77 bits per heavy atom. The molecule has 0 atom stereocenters. The molecule has 3 rings (SSSR count). The molecule has 0 bridgehead atoms. The number of carbonyl (C=O) groups excluding carboxylic acids is 2. The summed E-state index contributed by atoms with van der Waals surface area (Å²) in [5.74, 6) is -0.0675. The fourth-order valence-corrected chi connectivity index (χ4v) is 4.18. The Morgan fingerprint density at radius 1 is 1.12 bits per heavy atom. The number of amides is 2. The Hall–Kier alpha value is -2.41. The Balaban J connectivity index is 1.61. The Kier molecular flexibility index (Phi) is 5.56. The highest BCUT2D eigenvalue weighted by molar-refractivity contribution is 7.14. The summed E-state index contributed by atoms with van der Waals surface area (Å²) < 4.78 is 0. The van der Waals surface area contributed by atoms with Crippen LogP contribution in [0.2, 0.25) is 0 Å². The second-order valence-electron chi connectivity index (χ2n) is 6.47. The van der Waals surface area contributed by atoms with Crippen molar-refractivity contribution in [1.82, 2.24) is 14.8 Å². The van der Waals surface area contributed by atoms with Gasteiger partial charge >= 0.3 is 0 Å². The van der Waals surface area contributed by atoms with E-state index in [1.54, 1.807) is 16.2 Å². The molecule has 3 heterocycles. The smallest absolute Gasteiger partial charge is 0.264 e. The van der Waals surface area contributed by atoms with E-state index >= 15 is 0 Å². The van der Waals surface area contributed by atoms with E-state index in [2.05, 4.69) is 18.8 Å². The first-order chi connectivity index (χ1) is 12.5. The molecule has 26 heavy (non-hydrogen) atoms. The number of rotatable bonds is 4. The largest absolute Gasteiger partial charge is 0.335 e. The van der Waals surface area contributed by atoms with E-state index in [9.17, 15) is 14.4 Å². The van der Waals surface area contributed by atoms with Crippen molar-refractivity contribution in [2.45, 2.75) is 26.7 Å². The number of aromatic nitrogens is 1. The third-order valence-electron chi connectivity index (χ3n) is 4.64. The summed E-state index contributed by atoms with van der Waals surface area (Å²) in [6.07, 6.45) is 3.50. The molecule has 2 aromatic heterocycles. The lowest BCUT2D eigenvalue weighted by molar-refractivity contribution is 0.0538. The Bertz CT molecular complexity index is 843. The van der Waals surface area contributed by atoms with Crippen LogP contribution in [0.3, 0.4) is 0 Å². The van der Waals surface area contributed by atoms with Gasteiger partial charge in [0.2, 0.25) is 5.56 Å². The molecular formula is C19H23N3O3S. The van der Waals surface area contributed by atoms with Gasteiger partial charge in [-0.3, -0.25) is 14.4 Å². The molecule has 1 N–H and O–H groups in total. The van der Waals surface area contributed by atoms with Crippen LogP contribution in [0.25, 0.3) is 0 Å². The zero-order chi connectivity index (χ0) is 18.7. The summed E-state index contributed by atoms with van der Waals surface area (Å²) in [5.41, 5.74) is 1.49. The minimum atomic E-state index is -0.231. The lowest BCUT2D eigenvalue weighted by atomic mass is 10.1. The molecule has 1 fully saturated rings. The number of nitrogens with one attached hydrogen (secondary N) is 1. The molecule has 0 unspecified atom stereocenters. The van der Waals surface area contributed by atoms with Crippen molar-refractivity contribution in [2.24, 2.45) is 0 Å². The number of aromatic amines is 1. The number of thiophene rings is 1. The lowest BCUT2D eigenvalue weighted by Gasteiger charge is -2.34. The van der Waals surface area contributed by atoms with Crippen molar-refractivity contribution in [3.63, 3.8) is 0 Å². The normalized spacial score (nSPS) is 14.5. The topological polar surface area (TPSA) is 73.5 Å². The number of hydrogen-bond acceptors (Lipinski definition) is 4. The van der Waals surface area contributed by atoms with E-state index in [0.29, 0.717) is 31.7 Å². The molecule has 0 aromatic carbocycles. The van der Waals surface area contributed by atoms with Crippen molar-refractivity contribution >= 4 is 23.2 Å². The van der Waals surface area contributed by atoms with E-state index in [4.69, 9.17) is 0 Å². The average Bonchev–Trinajstić information content (AvgIpc) is 3.02. The molecule has 0 aliphatic carbocycles. The maximum Gasteiger partial charge on any atom is 0.264 e. The number of aryl methyl sites for hydroxylation is 2. The number of hydrogen-bond donors (Lipinski definition) is 1. The standard InChI is InChI=1S/C19H23N3O3S/c1-3-4-14-11-16(26-13(14)2)19(25)22-9-7-21(8-10-22)18(24)15-5-6-17(23)20-12-15/h5-6,11-12H,3-4,7-10H2,1-2H3,(H,20,23). The van der Waals surface area contributed by atoms with Gasteiger partial charge in [0, 0.05) is 43.3 Å². The monoisotopic (exact) mass is 373 g/mol. The van der Waals surface area contributed by atoms with Crippen LogP contribution in [-0.2, 0) is 6.42 Å². The molecule has 6 nitrogen and oxygen atoms in total. The van der Waals surface area contributed by atoms with E-state index < -0.39 is 0 Å². The molecule has 138 valence electrons. The minimum absolute atomic E-state index is 0.0524. The van der Waals surface area contributed by atoms with Crippen molar-refractivity contribution in [3.8, 4) is 0 Å². The van der Waals surface area contributed by atoms with Gasteiger partial charge in [0.05, 0.1) is 10.4 Å². The lowest BCUT2D eigenvalue weighted by Crippen LogP contribution is -2.50. The fourth-order valence-electron chi connectivity index (χ4n) is 3.14. The van der Waals surface area contributed by atoms with Crippen LogP contribution in [-0.4, -0.2) is 52.8 Å². The molecule has 1 aliphatic heterocycles. The molecule has 0 spiro atoms. The van der Waals surface area contributed by atoms with Crippen LogP contribution in [0.5, 0.6) is 0 Å². The minimum Gasteiger partial charge on any atom is -0.335 e. The van der Waals surface area contributed by atoms with Crippen molar-refractivity contribution in [1.29, 1.82) is 0 Å². The second-order valence-corrected chi connectivity index (χ2v) is 7.72. The molecular weight excluding hydrogens is 350 g/mol. The second kappa shape index (κ2) is 7.86. The number of carbonyl (C=O) groups is 2. The summed E-state index contributed by atoms with van der Waals surface area (Å²) in [6.45, 7) is 6.23. The van der Waals surface area contributed by atoms with E-state index in [0.717, 1.165) is 17.7 Å². The maximum atomic E-state index is 12.7. The van der Waals surface area contributed by atoms with Gasteiger partial charge in [0.15, 0.2) is 0 Å². The first kappa shape index (κ1) is 18.4. The Morgan fingerprint density at radius 3 is 2.35 bits per heavy atom. The molecule has 1 saturated heterocycles. The molecule has 2 amide bonds. The van der Waals surface area contributed by atoms with Crippen LogP contribution in [0, 0.1) is 6.92 Å². The average molecular weight is 373 g/mol. The molecule has 2 aromatic rings. The molecule has 0 saturated carbocycles. The summed E-state index contributed by atoms with van der Waals surface area (Å²) in [6, 6.07) is 4.89. The van der Waals surface area contributed by atoms with Crippen LogP contribution in [0.1, 0.15) is 43.8 Å². The number of pyridine rings is 1. The molecule has 1 aliphatic rings. The van der Waals surface area contributed by atoms with Crippen LogP contribution < -0.4 is 5.56 Å². The van der Waals surface area contributed by atoms with Gasteiger partial charge in [0.25, 0.3) is 11.8 Å². The van der Waals surface area contributed by atoms with Gasteiger partial charge in [-0.05, 0) is 31.0 Å². The third-order valence-corrected chi connectivity index (χ3v) is 5.72. The fraction of sp³-hybridized carbons (Fsp3) is 0.421. The van der Waals surface area contributed by atoms with Gasteiger partial charge < -0.3 is 14.8 Å². The highest BCUT2D eigenvalue weighted by atomic mass is 32.1. The molecule has 7 heteroatoms. The highest BCUT2D eigenvalue weighted by Gasteiger charge is 2.26. The van der Waals surface area contributed by atoms with Gasteiger partial charge in [-0.15, -0.1) is 11.3 Å². The summed E-state index contributed by atoms with van der Waals surface area (Å²) in [5, 5.41) is 0. The predicted octanol–water partition coefficient (Wildman–Crippen LogP) is 2.30. The SMILES string of the molecule is CCCc1cc(C(=O)N2CCN(C(=O)c3ccc(=O)[nH]c3)CC2)sc1C. The van der Waals surface area contributed by atoms with Gasteiger partial charge in [0.1, 0.15) is 0 Å².